The third-order valence-electron chi connectivity index (χ3n) is 1.66. The quantitative estimate of drug-likeness (QED) is 0.569. The predicted molar refractivity (Wildman–Crippen MR) is 42.3 cm³/mol. The minimum absolute atomic E-state index is 0.124. The maximum atomic E-state index is 11.4. The molecule has 0 atom stereocenters. The molecule has 62 valence electrons. The van der Waals surface area contributed by atoms with Crippen molar-refractivity contribution >= 4 is 11.7 Å². The Morgan fingerprint density at radius 1 is 1.42 bits per heavy atom. The fraction of sp³-hybridized carbons (Fsp3) is 0.286. The second kappa shape index (κ2) is 2.44. The van der Waals surface area contributed by atoms with Crippen LogP contribution in [0.3, 0.4) is 0 Å². The number of nitrogens with two attached hydrogens (primary N) is 1. The monoisotopic (exact) mass is 164 g/mol. The lowest BCUT2D eigenvalue weighted by Gasteiger charge is -2.01. The summed E-state index contributed by atoms with van der Waals surface area (Å²) < 4.78 is 0. The van der Waals surface area contributed by atoms with E-state index in [2.05, 4.69) is 9.97 Å². The molecule has 0 bridgehead atoms. The highest BCUT2D eigenvalue weighted by molar-refractivity contribution is 5.97. The standard InChI is InChI=1S/C7H8N4O/c8-6-5(9-1-2-10-6)7(12)11-3-4-11/h1-2H,3-4H2,(H2,8,10). The van der Waals surface area contributed by atoms with Crippen molar-refractivity contribution in [2.75, 3.05) is 18.8 Å². The molecule has 0 radical (unpaired) electrons. The highest BCUT2D eigenvalue weighted by Gasteiger charge is 2.27. The van der Waals surface area contributed by atoms with E-state index in [1.54, 1.807) is 4.90 Å². The summed E-state index contributed by atoms with van der Waals surface area (Å²) in [5.41, 5.74) is 5.73. The van der Waals surface area contributed by atoms with E-state index in [1.807, 2.05) is 0 Å². The number of hydrogen-bond donors (Lipinski definition) is 1. The number of carbonyl (C=O) groups excluding carboxylic acids is 1. The molecule has 5 nitrogen and oxygen atoms in total. The van der Waals surface area contributed by atoms with Gasteiger partial charge in [-0.2, -0.15) is 0 Å². The van der Waals surface area contributed by atoms with Crippen LogP contribution in [-0.4, -0.2) is 33.9 Å². The number of anilines is 1. The van der Waals surface area contributed by atoms with Gasteiger partial charge in [0.25, 0.3) is 5.91 Å². The Labute approximate surface area is 69.2 Å². The van der Waals surface area contributed by atoms with Crippen molar-refractivity contribution in [1.29, 1.82) is 0 Å². The Bertz CT molecular complexity index is 321. The van der Waals surface area contributed by atoms with Crippen LogP contribution in [-0.2, 0) is 0 Å². The van der Waals surface area contributed by atoms with Gasteiger partial charge in [-0.1, -0.05) is 0 Å². The first-order valence-electron chi connectivity index (χ1n) is 3.65. The van der Waals surface area contributed by atoms with E-state index in [0.717, 1.165) is 13.1 Å². The number of nitrogen functional groups attached to an aromatic ring is 1. The molecule has 0 saturated carbocycles. The summed E-state index contributed by atoms with van der Waals surface area (Å²) in [4.78, 5) is 20.7. The van der Waals surface area contributed by atoms with Crippen molar-refractivity contribution in [1.82, 2.24) is 14.9 Å². The minimum Gasteiger partial charge on any atom is -0.382 e. The van der Waals surface area contributed by atoms with E-state index in [1.165, 1.54) is 12.4 Å². The molecule has 1 aliphatic heterocycles. The minimum atomic E-state index is -0.124. The van der Waals surface area contributed by atoms with Crippen LogP contribution in [0.2, 0.25) is 0 Å². The van der Waals surface area contributed by atoms with Crippen molar-refractivity contribution in [3.63, 3.8) is 0 Å². The molecule has 1 aliphatic rings. The predicted octanol–water partition coefficient (Wildman–Crippen LogP) is -0.485. The van der Waals surface area contributed by atoms with Gasteiger partial charge in [0.1, 0.15) is 0 Å². The molecule has 1 amide bonds. The van der Waals surface area contributed by atoms with Crippen LogP contribution in [0.1, 0.15) is 10.5 Å². The maximum absolute atomic E-state index is 11.4. The zero-order chi connectivity index (χ0) is 8.55. The molecule has 1 aromatic heterocycles. The lowest BCUT2D eigenvalue weighted by molar-refractivity contribution is 0.0881. The number of nitrogens with zero attached hydrogens (tertiary/aromatic N) is 3. The van der Waals surface area contributed by atoms with E-state index >= 15 is 0 Å². The van der Waals surface area contributed by atoms with Gasteiger partial charge < -0.3 is 10.6 Å². The summed E-state index contributed by atoms with van der Waals surface area (Å²) in [7, 11) is 0. The molecular weight excluding hydrogens is 156 g/mol. The van der Waals surface area contributed by atoms with Crippen LogP contribution < -0.4 is 5.73 Å². The normalized spacial score (nSPS) is 14.5. The van der Waals surface area contributed by atoms with Gasteiger partial charge in [-0.05, 0) is 0 Å². The summed E-state index contributed by atoms with van der Waals surface area (Å²) in [5.74, 6) is 0.0787. The van der Waals surface area contributed by atoms with E-state index in [0.29, 0.717) is 0 Å². The lowest BCUT2D eigenvalue weighted by atomic mass is 10.4. The van der Waals surface area contributed by atoms with Gasteiger partial charge in [0, 0.05) is 25.5 Å². The average molecular weight is 164 g/mol. The van der Waals surface area contributed by atoms with E-state index < -0.39 is 0 Å². The SMILES string of the molecule is Nc1nccnc1C(=O)N1CC1. The number of carbonyl (C=O) groups is 1. The largest absolute Gasteiger partial charge is 0.382 e. The molecule has 1 aromatic rings. The maximum Gasteiger partial charge on any atom is 0.276 e. The second-order valence-electron chi connectivity index (χ2n) is 2.58. The van der Waals surface area contributed by atoms with E-state index in [-0.39, 0.29) is 17.4 Å². The third-order valence-corrected chi connectivity index (χ3v) is 1.66. The molecule has 0 aromatic carbocycles. The molecule has 2 rings (SSSR count). The molecule has 0 spiro atoms. The summed E-state index contributed by atoms with van der Waals surface area (Å²) in [5, 5.41) is 0. The van der Waals surface area contributed by atoms with Crippen LogP contribution in [0, 0.1) is 0 Å². The highest BCUT2D eigenvalue weighted by atomic mass is 16.2. The second-order valence-corrected chi connectivity index (χ2v) is 2.58. The van der Waals surface area contributed by atoms with E-state index in [4.69, 9.17) is 5.73 Å². The number of amides is 1. The first-order valence-corrected chi connectivity index (χ1v) is 3.65. The lowest BCUT2D eigenvalue weighted by Crippen LogP contribution is -2.15. The smallest absolute Gasteiger partial charge is 0.276 e. The topological polar surface area (TPSA) is 71.9 Å². The van der Waals surface area contributed by atoms with Crippen LogP contribution in [0.15, 0.2) is 12.4 Å². The highest BCUT2D eigenvalue weighted by Crippen LogP contribution is 2.12. The van der Waals surface area contributed by atoms with Crippen LogP contribution >= 0.6 is 0 Å². The molecule has 5 heteroatoms. The Hall–Kier alpha value is -1.65. The molecule has 0 unspecified atom stereocenters. The molecule has 0 aliphatic carbocycles. The zero-order valence-corrected chi connectivity index (χ0v) is 6.40. The van der Waals surface area contributed by atoms with Crippen molar-refractivity contribution in [2.45, 2.75) is 0 Å². The van der Waals surface area contributed by atoms with Crippen LogP contribution in [0.4, 0.5) is 5.82 Å². The number of aromatic nitrogens is 2. The van der Waals surface area contributed by atoms with Gasteiger partial charge in [-0.3, -0.25) is 4.79 Å². The van der Waals surface area contributed by atoms with Crippen LogP contribution in [0.5, 0.6) is 0 Å². The van der Waals surface area contributed by atoms with Crippen molar-refractivity contribution in [3.05, 3.63) is 18.1 Å². The number of hydrogen-bond acceptors (Lipinski definition) is 4. The summed E-state index contributed by atoms with van der Waals surface area (Å²) >= 11 is 0. The Morgan fingerprint density at radius 2 is 2.08 bits per heavy atom. The van der Waals surface area contributed by atoms with E-state index in [9.17, 15) is 4.79 Å². The fourth-order valence-electron chi connectivity index (χ4n) is 0.916. The summed E-state index contributed by atoms with van der Waals surface area (Å²) in [6.45, 7) is 1.60. The number of rotatable bonds is 1. The molecule has 12 heavy (non-hydrogen) atoms. The Morgan fingerprint density at radius 3 is 2.67 bits per heavy atom. The average Bonchev–Trinajstić information content (AvgIpc) is 2.86. The summed E-state index contributed by atoms with van der Waals surface area (Å²) in [6.07, 6.45) is 2.93. The van der Waals surface area contributed by atoms with Gasteiger partial charge >= 0.3 is 0 Å². The first-order chi connectivity index (χ1) is 5.79. The van der Waals surface area contributed by atoms with Gasteiger partial charge in [0.05, 0.1) is 0 Å². The Balaban J connectivity index is 2.32. The van der Waals surface area contributed by atoms with Gasteiger partial charge in [0.15, 0.2) is 11.5 Å². The molecule has 2 heterocycles. The molecule has 2 N–H and O–H groups in total. The summed E-state index contributed by atoms with van der Waals surface area (Å²) in [6, 6.07) is 0. The Kier molecular flexibility index (Phi) is 1.43. The van der Waals surface area contributed by atoms with Crippen molar-refractivity contribution < 1.29 is 4.79 Å². The van der Waals surface area contributed by atoms with Crippen molar-refractivity contribution in [2.24, 2.45) is 0 Å². The van der Waals surface area contributed by atoms with Gasteiger partial charge in [-0.15, -0.1) is 0 Å². The van der Waals surface area contributed by atoms with Crippen LogP contribution in [0.25, 0.3) is 0 Å². The van der Waals surface area contributed by atoms with Gasteiger partial charge in [0.2, 0.25) is 0 Å². The third kappa shape index (κ3) is 1.09. The molecular formula is C7H8N4O. The zero-order valence-electron chi connectivity index (χ0n) is 6.40. The van der Waals surface area contributed by atoms with Gasteiger partial charge in [-0.25, -0.2) is 9.97 Å². The van der Waals surface area contributed by atoms with Crippen molar-refractivity contribution in [3.8, 4) is 0 Å². The first kappa shape index (κ1) is 7.02. The molecule has 1 fully saturated rings. The fourth-order valence-corrected chi connectivity index (χ4v) is 0.916. The molecule has 1 saturated heterocycles.